The number of ether oxygens (including phenoxy) is 1. The monoisotopic (exact) mass is 478 g/mol. The Kier molecular flexibility index (Phi) is 9.25. The molecule has 0 aromatic heterocycles. The molecule has 0 atom stereocenters. The van der Waals surface area contributed by atoms with Crippen LogP contribution in [-0.4, -0.2) is 70.9 Å². The van der Waals surface area contributed by atoms with Crippen molar-refractivity contribution in [2.75, 3.05) is 39.9 Å². The second kappa shape index (κ2) is 12.1. The number of amidine groups is 1. The zero-order valence-electron chi connectivity index (χ0n) is 19.2. The van der Waals surface area contributed by atoms with Crippen LogP contribution in [0.3, 0.4) is 0 Å². The van der Waals surface area contributed by atoms with Gasteiger partial charge < -0.3 is 15.0 Å². The summed E-state index contributed by atoms with van der Waals surface area (Å²) >= 11 is 0. The Morgan fingerprint density at radius 3 is 2.67 bits per heavy atom. The van der Waals surface area contributed by atoms with E-state index in [2.05, 4.69) is 15.0 Å². The van der Waals surface area contributed by atoms with Gasteiger partial charge in [-0.05, 0) is 44.2 Å². The number of fused-ring (bicyclic) bond motifs is 1. The van der Waals surface area contributed by atoms with Crippen molar-refractivity contribution >= 4 is 27.7 Å². The fourth-order valence-electron chi connectivity index (χ4n) is 4.13. The summed E-state index contributed by atoms with van der Waals surface area (Å²) in [5.41, 5.74) is 0.611. The first-order valence-electron chi connectivity index (χ1n) is 11.6. The van der Waals surface area contributed by atoms with E-state index in [1.165, 1.54) is 0 Å². The van der Waals surface area contributed by atoms with Crippen molar-refractivity contribution in [1.29, 1.82) is 0 Å². The van der Waals surface area contributed by atoms with E-state index in [0.29, 0.717) is 63.4 Å². The number of amides is 2. The van der Waals surface area contributed by atoms with E-state index in [-0.39, 0.29) is 22.6 Å². The van der Waals surface area contributed by atoms with Gasteiger partial charge in [0.25, 0.3) is 10.0 Å². The Hall–Kier alpha value is -2.46. The molecule has 9 nitrogen and oxygen atoms in total. The molecular formula is C23H34N4O5S. The van der Waals surface area contributed by atoms with Gasteiger partial charge in [0.15, 0.2) is 0 Å². The number of benzene rings is 1. The molecule has 2 amide bonds. The van der Waals surface area contributed by atoms with Gasteiger partial charge >= 0.3 is 0 Å². The molecule has 2 aliphatic rings. The van der Waals surface area contributed by atoms with E-state index >= 15 is 0 Å². The summed E-state index contributed by atoms with van der Waals surface area (Å²) in [7, 11) is -1.86. The summed E-state index contributed by atoms with van der Waals surface area (Å²) < 4.78 is 31.7. The van der Waals surface area contributed by atoms with Gasteiger partial charge in [-0.3, -0.25) is 19.3 Å². The zero-order chi connectivity index (χ0) is 23.7. The summed E-state index contributed by atoms with van der Waals surface area (Å²) in [5.74, 6) is 0.589. The van der Waals surface area contributed by atoms with Gasteiger partial charge in [-0.2, -0.15) is 0 Å². The summed E-state index contributed by atoms with van der Waals surface area (Å²) in [6.45, 7) is 3.01. The van der Waals surface area contributed by atoms with E-state index in [9.17, 15) is 18.0 Å². The van der Waals surface area contributed by atoms with Crippen LogP contribution >= 0.6 is 0 Å². The molecule has 1 aromatic rings. The third kappa shape index (κ3) is 7.01. The first kappa shape index (κ1) is 25.2. The molecule has 2 N–H and O–H groups in total. The van der Waals surface area contributed by atoms with Gasteiger partial charge in [0.1, 0.15) is 5.84 Å². The number of nitrogens with one attached hydrogen (secondary N) is 2. The molecule has 0 bridgehead atoms. The molecular weight excluding hydrogens is 444 g/mol. The molecule has 1 fully saturated rings. The number of hydrogen-bond acceptors (Lipinski definition) is 6. The minimum absolute atomic E-state index is 0.0196. The molecule has 0 saturated carbocycles. The number of unbranched alkanes of at least 4 members (excludes halogenated alkanes) is 2. The smallest absolute Gasteiger partial charge is 0.263 e. The minimum atomic E-state index is -3.50. The number of likely N-dealkylation sites (tertiary alicyclic amines) is 1. The maximum atomic E-state index is 12.5. The third-order valence-electron chi connectivity index (χ3n) is 6.02. The van der Waals surface area contributed by atoms with E-state index in [1.807, 2.05) is 4.90 Å². The zero-order valence-corrected chi connectivity index (χ0v) is 20.0. The number of carbonyl (C=O) groups is 2. The number of piperidine rings is 1. The molecule has 0 unspecified atom stereocenters. The van der Waals surface area contributed by atoms with Gasteiger partial charge in [-0.15, -0.1) is 0 Å². The van der Waals surface area contributed by atoms with Crippen LogP contribution < -0.4 is 10.0 Å². The van der Waals surface area contributed by atoms with Crippen LogP contribution in [0.1, 0.15) is 50.5 Å². The average Bonchev–Trinajstić information content (AvgIpc) is 3.09. The van der Waals surface area contributed by atoms with Crippen molar-refractivity contribution in [2.45, 2.75) is 49.8 Å². The van der Waals surface area contributed by atoms with E-state index < -0.39 is 10.0 Å². The molecule has 3 rings (SSSR count). The van der Waals surface area contributed by atoms with Crippen LogP contribution in [0.5, 0.6) is 0 Å². The summed E-state index contributed by atoms with van der Waals surface area (Å²) in [5, 5.41) is 2.94. The van der Waals surface area contributed by atoms with Crippen LogP contribution in [0, 0.1) is 5.92 Å². The van der Waals surface area contributed by atoms with Crippen molar-refractivity contribution in [3.05, 3.63) is 29.8 Å². The molecule has 0 spiro atoms. The second-order valence-corrected chi connectivity index (χ2v) is 10.1. The number of methoxy groups -OCH3 is 1. The highest BCUT2D eigenvalue weighted by atomic mass is 32.2. The van der Waals surface area contributed by atoms with Crippen LogP contribution in [0.15, 0.2) is 34.2 Å². The van der Waals surface area contributed by atoms with Crippen LogP contribution in [0.4, 0.5) is 0 Å². The highest BCUT2D eigenvalue weighted by Crippen LogP contribution is 2.22. The van der Waals surface area contributed by atoms with Crippen molar-refractivity contribution in [3.63, 3.8) is 0 Å². The fraction of sp³-hybridized carbons (Fsp3) is 0.609. The van der Waals surface area contributed by atoms with E-state index in [4.69, 9.17) is 4.74 Å². The van der Waals surface area contributed by atoms with Gasteiger partial charge in [0, 0.05) is 57.8 Å². The summed E-state index contributed by atoms with van der Waals surface area (Å²) in [6.07, 6.45) is 5.09. The Bertz CT molecular complexity index is 955. The van der Waals surface area contributed by atoms with Crippen molar-refractivity contribution in [2.24, 2.45) is 10.9 Å². The highest BCUT2D eigenvalue weighted by Gasteiger charge is 2.30. The molecule has 10 heteroatoms. The Balaban J connectivity index is 1.30. The van der Waals surface area contributed by atoms with Crippen LogP contribution in [0.2, 0.25) is 0 Å². The quantitative estimate of drug-likeness (QED) is 0.469. The first-order chi connectivity index (χ1) is 15.9. The molecule has 1 aromatic carbocycles. The fourth-order valence-corrected chi connectivity index (χ4v) is 5.38. The summed E-state index contributed by atoms with van der Waals surface area (Å²) in [4.78, 5) is 31.2. The maximum Gasteiger partial charge on any atom is 0.263 e. The topological polar surface area (TPSA) is 117 Å². The Morgan fingerprint density at radius 2 is 1.91 bits per heavy atom. The lowest BCUT2D eigenvalue weighted by Crippen LogP contribution is -2.43. The van der Waals surface area contributed by atoms with Crippen LogP contribution in [0.25, 0.3) is 0 Å². The lowest BCUT2D eigenvalue weighted by atomic mass is 9.95. The number of sulfonamides is 1. The lowest BCUT2D eigenvalue weighted by molar-refractivity contribution is -0.135. The maximum absolute atomic E-state index is 12.5. The van der Waals surface area contributed by atoms with E-state index in [0.717, 1.165) is 25.7 Å². The van der Waals surface area contributed by atoms with Gasteiger partial charge in [-0.25, -0.2) is 8.42 Å². The third-order valence-corrected chi connectivity index (χ3v) is 7.42. The number of hydrogen-bond donors (Lipinski definition) is 2. The van der Waals surface area contributed by atoms with Crippen LogP contribution in [-0.2, 0) is 24.3 Å². The molecule has 2 aliphatic heterocycles. The van der Waals surface area contributed by atoms with Crippen molar-refractivity contribution < 1.29 is 22.7 Å². The average molecular weight is 479 g/mol. The predicted octanol–water partition coefficient (Wildman–Crippen LogP) is 1.68. The molecule has 0 radical (unpaired) electrons. The first-order valence-corrected chi connectivity index (χ1v) is 13.1. The molecule has 1 saturated heterocycles. The lowest BCUT2D eigenvalue weighted by Gasteiger charge is -2.31. The van der Waals surface area contributed by atoms with E-state index in [1.54, 1.807) is 31.4 Å². The number of nitrogens with zero attached hydrogens (tertiary/aromatic N) is 2. The molecule has 0 aliphatic carbocycles. The predicted molar refractivity (Wildman–Crippen MR) is 125 cm³/mol. The van der Waals surface area contributed by atoms with Crippen molar-refractivity contribution in [3.8, 4) is 0 Å². The minimum Gasteiger partial charge on any atom is -0.385 e. The normalized spacial score (nSPS) is 18.7. The molecule has 33 heavy (non-hydrogen) atoms. The number of carbonyl (C=O) groups excluding carboxylic acids is 2. The SMILES string of the molecule is COCCCNC(=O)C1CCN(C(=O)CCCCCN=C2NS(=O)(=O)c3ccccc32)CC1. The highest BCUT2D eigenvalue weighted by molar-refractivity contribution is 7.90. The summed E-state index contributed by atoms with van der Waals surface area (Å²) in [6, 6.07) is 6.81. The Morgan fingerprint density at radius 1 is 1.15 bits per heavy atom. The number of aliphatic imine (C=N–C) groups is 1. The largest absolute Gasteiger partial charge is 0.385 e. The second-order valence-electron chi connectivity index (χ2n) is 8.44. The van der Waals surface area contributed by atoms with Gasteiger partial charge in [0.2, 0.25) is 11.8 Å². The number of rotatable bonds is 11. The van der Waals surface area contributed by atoms with Crippen molar-refractivity contribution in [1.82, 2.24) is 14.9 Å². The van der Waals surface area contributed by atoms with Gasteiger partial charge in [-0.1, -0.05) is 18.6 Å². The standard InChI is InChI=1S/C23H34N4O5S/c1-32-17-7-14-25-23(29)18-11-15-27(16-12-18)21(28)10-3-2-6-13-24-22-19-8-4-5-9-20(19)33(30,31)26-22/h4-5,8-9,18H,2-3,6-7,10-17H2,1H3,(H,24,26)(H,25,29). The molecule has 182 valence electrons. The van der Waals surface area contributed by atoms with Gasteiger partial charge in [0.05, 0.1) is 4.90 Å². The molecule has 2 heterocycles. The Labute approximate surface area is 196 Å².